The summed E-state index contributed by atoms with van der Waals surface area (Å²) in [7, 11) is 0. The number of benzene rings is 2. The summed E-state index contributed by atoms with van der Waals surface area (Å²) in [6.45, 7) is 0. The van der Waals surface area contributed by atoms with Gasteiger partial charge in [0.05, 0.1) is 5.69 Å². The maximum Gasteiger partial charge on any atom is 0.202 e. The molecule has 28 heavy (non-hydrogen) atoms. The molecule has 148 valence electrons. The van der Waals surface area contributed by atoms with Gasteiger partial charge in [0.25, 0.3) is 0 Å². The van der Waals surface area contributed by atoms with E-state index in [4.69, 9.17) is 42.0 Å². The van der Waals surface area contributed by atoms with Gasteiger partial charge in [0.1, 0.15) is 0 Å². The molecule has 11 N–H and O–H groups in total. The Morgan fingerprint density at radius 3 is 2.14 bits per heavy atom. The lowest BCUT2D eigenvalue weighted by atomic mass is 10.2. The number of anilines is 4. The second-order valence-corrected chi connectivity index (χ2v) is 7.08. The predicted octanol–water partition coefficient (Wildman–Crippen LogP) is 0.940. The van der Waals surface area contributed by atoms with E-state index in [1.165, 1.54) is 5.01 Å². The lowest BCUT2D eigenvalue weighted by Crippen LogP contribution is -2.47. The van der Waals surface area contributed by atoms with Gasteiger partial charge in [-0.25, -0.2) is 17.5 Å². The minimum atomic E-state index is 0.237. The second kappa shape index (κ2) is 8.99. The summed E-state index contributed by atoms with van der Waals surface area (Å²) in [6.07, 6.45) is 1.000. The van der Waals surface area contributed by atoms with Gasteiger partial charge in [-0.05, 0) is 67.3 Å². The molecule has 9 nitrogen and oxygen atoms in total. The molecule has 0 spiro atoms. The Morgan fingerprint density at radius 2 is 1.50 bits per heavy atom. The fourth-order valence-electron chi connectivity index (χ4n) is 2.73. The number of nitrogens with zero attached hydrogens (tertiary/aromatic N) is 1. The van der Waals surface area contributed by atoms with Gasteiger partial charge >= 0.3 is 0 Å². The molecule has 0 aromatic heterocycles. The summed E-state index contributed by atoms with van der Waals surface area (Å²) in [5.74, 6) is 16.5. The van der Waals surface area contributed by atoms with E-state index in [9.17, 15) is 0 Å². The molecule has 1 fully saturated rings. The van der Waals surface area contributed by atoms with Gasteiger partial charge < -0.3 is 21.4 Å². The van der Waals surface area contributed by atoms with Crippen LogP contribution in [0.1, 0.15) is 6.42 Å². The third kappa shape index (κ3) is 5.18. The smallest absolute Gasteiger partial charge is 0.202 e. The fourth-order valence-corrected chi connectivity index (χ4v) is 2.95. The van der Waals surface area contributed by atoms with E-state index >= 15 is 0 Å². The van der Waals surface area contributed by atoms with Crippen molar-refractivity contribution in [2.75, 3.05) is 21.0 Å². The van der Waals surface area contributed by atoms with Crippen molar-refractivity contribution in [3.63, 3.8) is 0 Å². The Balaban J connectivity index is 1.56. The summed E-state index contributed by atoms with van der Waals surface area (Å²) >= 11 is 10.1. The minimum absolute atomic E-state index is 0.237. The first-order valence-corrected chi connectivity index (χ1v) is 9.38. The molecule has 11 heteroatoms. The zero-order valence-electron chi connectivity index (χ0n) is 15.0. The van der Waals surface area contributed by atoms with Crippen molar-refractivity contribution in [1.82, 2.24) is 10.9 Å². The van der Waals surface area contributed by atoms with Crippen LogP contribution < -0.4 is 49.3 Å². The van der Waals surface area contributed by atoms with Crippen LogP contribution in [-0.4, -0.2) is 22.3 Å². The van der Waals surface area contributed by atoms with Crippen LogP contribution in [0, 0.1) is 0 Å². The van der Waals surface area contributed by atoms with Crippen molar-refractivity contribution in [3.05, 3.63) is 48.5 Å². The van der Waals surface area contributed by atoms with Crippen LogP contribution in [0.4, 0.5) is 22.7 Å². The molecule has 2 atom stereocenters. The molecule has 3 rings (SSSR count). The first-order valence-electron chi connectivity index (χ1n) is 8.56. The average Bonchev–Trinajstić information content (AvgIpc) is 3.43. The Morgan fingerprint density at radius 1 is 0.893 bits per heavy atom. The number of hydrogen-bond donors (Lipinski definition) is 8. The Hall–Kier alpha value is -2.70. The van der Waals surface area contributed by atoms with Gasteiger partial charge in [0.15, 0.2) is 5.11 Å². The van der Waals surface area contributed by atoms with Crippen LogP contribution in [0.15, 0.2) is 48.5 Å². The third-order valence-electron chi connectivity index (χ3n) is 4.21. The molecule has 0 radical (unpaired) electrons. The Kier molecular flexibility index (Phi) is 6.44. The number of thiocarbonyl (C=S) groups is 2. The van der Waals surface area contributed by atoms with Crippen molar-refractivity contribution in [3.8, 4) is 0 Å². The molecule has 1 aliphatic carbocycles. The quantitative estimate of drug-likeness (QED) is 0.193. The molecule has 2 aromatic rings. The summed E-state index contributed by atoms with van der Waals surface area (Å²) in [5, 5.41) is 11.9. The summed E-state index contributed by atoms with van der Waals surface area (Å²) in [6, 6.07) is 16.1. The normalized spacial score (nSPS) is 17.2. The van der Waals surface area contributed by atoms with E-state index in [0.29, 0.717) is 17.2 Å². The van der Waals surface area contributed by atoms with Crippen LogP contribution in [0.2, 0.25) is 0 Å². The van der Waals surface area contributed by atoms with Crippen molar-refractivity contribution < 1.29 is 0 Å². The molecular weight excluding hydrogens is 394 g/mol. The average molecular weight is 418 g/mol. The molecule has 1 saturated carbocycles. The zero-order chi connectivity index (χ0) is 20.1. The number of nitrogens with one attached hydrogen (secondary N) is 5. The maximum atomic E-state index is 5.93. The van der Waals surface area contributed by atoms with Crippen LogP contribution in [0.5, 0.6) is 0 Å². The molecule has 2 aromatic carbocycles. The van der Waals surface area contributed by atoms with Crippen molar-refractivity contribution in [2.45, 2.75) is 18.5 Å². The maximum absolute atomic E-state index is 5.93. The fraction of sp³-hybridized carbons (Fsp3) is 0.176. The van der Waals surface area contributed by atoms with E-state index in [0.717, 1.165) is 29.2 Å². The Labute approximate surface area is 173 Å². The summed E-state index contributed by atoms with van der Waals surface area (Å²) in [4.78, 5) is 0. The van der Waals surface area contributed by atoms with Gasteiger partial charge in [-0.1, -0.05) is 12.1 Å². The van der Waals surface area contributed by atoms with Gasteiger partial charge in [-0.15, -0.1) is 0 Å². The molecule has 1 aliphatic rings. The van der Waals surface area contributed by atoms with Crippen LogP contribution in [-0.2, 0) is 0 Å². The molecular formula is C17H23N9S2. The lowest BCUT2D eigenvalue weighted by molar-refractivity contribution is 0.979. The van der Waals surface area contributed by atoms with Gasteiger partial charge in [-0.3, -0.25) is 10.4 Å². The highest BCUT2D eigenvalue weighted by molar-refractivity contribution is 7.80. The summed E-state index contributed by atoms with van der Waals surface area (Å²) in [5.41, 5.74) is 8.32. The third-order valence-corrected chi connectivity index (χ3v) is 4.75. The van der Waals surface area contributed by atoms with Crippen molar-refractivity contribution in [2.24, 2.45) is 17.5 Å². The van der Waals surface area contributed by atoms with Gasteiger partial charge in [0, 0.05) is 29.1 Å². The molecule has 0 aliphatic heterocycles. The van der Waals surface area contributed by atoms with Gasteiger partial charge in [0.2, 0.25) is 5.11 Å². The first-order chi connectivity index (χ1) is 13.5. The molecule has 0 saturated heterocycles. The largest absolute Gasteiger partial charge is 0.380 e. The van der Waals surface area contributed by atoms with Crippen LogP contribution in [0.25, 0.3) is 0 Å². The van der Waals surface area contributed by atoms with E-state index in [2.05, 4.69) is 26.8 Å². The minimum Gasteiger partial charge on any atom is -0.380 e. The number of nitrogens with two attached hydrogens (primary N) is 3. The number of hydrazine groups is 3. The zero-order valence-corrected chi connectivity index (χ0v) is 16.6. The molecule has 2 unspecified atom stereocenters. The second-order valence-electron chi connectivity index (χ2n) is 6.29. The first kappa shape index (κ1) is 20.0. The van der Waals surface area contributed by atoms with Crippen molar-refractivity contribution >= 4 is 57.4 Å². The standard InChI is InChI=1S/C17H23N9S2/c18-24-16(27)23-11-4-1-3-10(7-11)21-14-9-15(14)22-12-5-2-6-13(8-12)26(20)17(28)25-19/h1-8,14-15,21-22H,9,18-20H2,(H,25,28)(H2,23,24,27). The van der Waals surface area contributed by atoms with Crippen LogP contribution >= 0.6 is 24.4 Å². The molecule has 0 bridgehead atoms. The highest BCUT2D eigenvalue weighted by Crippen LogP contribution is 2.31. The lowest BCUT2D eigenvalue weighted by Gasteiger charge is -2.19. The number of hydrogen-bond acceptors (Lipinski definition) is 7. The van der Waals surface area contributed by atoms with Crippen molar-refractivity contribution in [1.29, 1.82) is 0 Å². The topological polar surface area (TPSA) is 141 Å². The van der Waals surface area contributed by atoms with E-state index < -0.39 is 0 Å². The van der Waals surface area contributed by atoms with E-state index in [1.807, 2.05) is 48.5 Å². The highest BCUT2D eigenvalue weighted by atomic mass is 32.1. The number of rotatable bonds is 6. The summed E-state index contributed by atoms with van der Waals surface area (Å²) < 4.78 is 0. The molecule has 0 heterocycles. The highest BCUT2D eigenvalue weighted by Gasteiger charge is 2.37. The van der Waals surface area contributed by atoms with Gasteiger partial charge in [-0.2, -0.15) is 0 Å². The van der Waals surface area contributed by atoms with E-state index in [1.54, 1.807) is 0 Å². The van der Waals surface area contributed by atoms with Crippen LogP contribution in [0.3, 0.4) is 0 Å². The molecule has 0 amide bonds. The SMILES string of the molecule is NNC(=S)Nc1cccc(NC2CC2Nc2cccc(N(N)C(=S)NN)c2)c1. The Bertz CT molecular complexity index is 860. The predicted molar refractivity (Wildman–Crippen MR) is 122 cm³/mol. The monoisotopic (exact) mass is 417 g/mol. The van der Waals surface area contributed by atoms with E-state index in [-0.39, 0.29) is 5.11 Å².